The number of ether oxygens (including phenoxy) is 1. The summed E-state index contributed by atoms with van der Waals surface area (Å²) in [5.41, 5.74) is 17.3. The maximum Gasteiger partial charge on any atom is 0.223 e. The van der Waals surface area contributed by atoms with Crippen LogP contribution < -0.4 is 21.9 Å². The Labute approximate surface area is 114 Å². The molecule has 0 aliphatic heterocycles. The first kappa shape index (κ1) is 13.3. The van der Waals surface area contributed by atoms with Crippen LogP contribution in [0.2, 0.25) is 0 Å². The molecule has 0 spiro atoms. The van der Waals surface area contributed by atoms with Gasteiger partial charge in [0.15, 0.2) is 5.96 Å². The number of aliphatic imine (C=N–C) groups is 2. The first-order valence-corrected chi connectivity index (χ1v) is 5.56. The van der Waals surface area contributed by atoms with Crippen LogP contribution in [-0.2, 0) is 0 Å². The molecule has 0 aliphatic carbocycles. The van der Waals surface area contributed by atoms with Crippen molar-refractivity contribution in [1.29, 1.82) is 0 Å². The standard InChI is InChI=1S/C11H14N8O/c1-20-9-3-7(17-11(14)18-10(12)13)2-8(4-9)19-6-15-5-16-19/h2-6H,1H3,(H6,12,13,14,17,18). The van der Waals surface area contributed by atoms with Crippen molar-refractivity contribution in [2.75, 3.05) is 7.11 Å². The second kappa shape index (κ2) is 5.69. The maximum atomic E-state index is 5.59. The smallest absolute Gasteiger partial charge is 0.223 e. The van der Waals surface area contributed by atoms with E-state index in [4.69, 9.17) is 21.9 Å². The monoisotopic (exact) mass is 274 g/mol. The molecule has 9 nitrogen and oxygen atoms in total. The van der Waals surface area contributed by atoms with Crippen LogP contribution in [0.3, 0.4) is 0 Å². The van der Waals surface area contributed by atoms with Crippen molar-refractivity contribution >= 4 is 17.6 Å². The Balaban J connectivity index is 2.44. The third-order valence-electron chi connectivity index (χ3n) is 2.28. The van der Waals surface area contributed by atoms with E-state index in [1.165, 1.54) is 6.33 Å². The SMILES string of the molecule is COc1cc(N=C(N)N=C(N)N)cc(-n2cncn2)c1. The fraction of sp³-hybridized carbons (Fsp3) is 0.0909. The van der Waals surface area contributed by atoms with E-state index in [9.17, 15) is 0 Å². The molecule has 2 aromatic rings. The lowest BCUT2D eigenvalue weighted by Crippen LogP contribution is -2.26. The molecule has 104 valence electrons. The van der Waals surface area contributed by atoms with Crippen molar-refractivity contribution in [1.82, 2.24) is 14.8 Å². The van der Waals surface area contributed by atoms with Crippen LogP contribution in [0.5, 0.6) is 5.75 Å². The predicted molar refractivity (Wildman–Crippen MR) is 75.0 cm³/mol. The van der Waals surface area contributed by atoms with E-state index in [2.05, 4.69) is 20.1 Å². The molecule has 2 rings (SSSR count). The van der Waals surface area contributed by atoms with Crippen molar-refractivity contribution in [3.8, 4) is 11.4 Å². The van der Waals surface area contributed by atoms with Gasteiger partial charge in [0.05, 0.1) is 18.5 Å². The highest BCUT2D eigenvalue weighted by Gasteiger charge is 2.04. The van der Waals surface area contributed by atoms with Gasteiger partial charge in [-0.1, -0.05) is 0 Å². The van der Waals surface area contributed by atoms with Crippen LogP contribution in [0.25, 0.3) is 5.69 Å². The molecule has 20 heavy (non-hydrogen) atoms. The zero-order valence-corrected chi connectivity index (χ0v) is 10.8. The van der Waals surface area contributed by atoms with Crippen molar-refractivity contribution in [2.45, 2.75) is 0 Å². The van der Waals surface area contributed by atoms with Crippen LogP contribution in [-0.4, -0.2) is 33.8 Å². The van der Waals surface area contributed by atoms with Crippen LogP contribution in [0, 0.1) is 0 Å². The van der Waals surface area contributed by atoms with Gasteiger partial charge in [0.25, 0.3) is 0 Å². The van der Waals surface area contributed by atoms with Gasteiger partial charge in [-0.25, -0.2) is 14.7 Å². The minimum atomic E-state index is -0.161. The summed E-state index contributed by atoms with van der Waals surface area (Å²) in [7, 11) is 1.55. The number of hydrogen-bond acceptors (Lipinski definition) is 4. The number of aromatic nitrogens is 3. The molecule has 9 heteroatoms. The second-order valence-electron chi connectivity index (χ2n) is 3.74. The fourth-order valence-corrected chi connectivity index (χ4v) is 1.51. The van der Waals surface area contributed by atoms with E-state index in [-0.39, 0.29) is 11.9 Å². The molecule has 0 saturated heterocycles. The molecule has 0 radical (unpaired) electrons. The van der Waals surface area contributed by atoms with Crippen LogP contribution in [0.15, 0.2) is 40.8 Å². The average molecular weight is 274 g/mol. The Hall–Kier alpha value is -3.10. The summed E-state index contributed by atoms with van der Waals surface area (Å²) in [4.78, 5) is 11.6. The number of methoxy groups -OCH3 is 1. The average Bonchev–Trinajstić information content (AvgIpc) is 2.91. The van der Waals surface area contributed by atoms with Crippen molar-refractivity contribution in [3.63, 3.8) is 0 Å². The lowest BCUT2D eigenvalue weighted by atomic mass is 10.2. The lowest BCUT2D eigenvalue weighted by molar-refractivity contribution is 0.414. The Bertz CT molecular complexity index is 642. The molecule has 0 amide bonds. The first-order valence-electron chi connectivity index (χ1n) is 5.56. The molecule has 0 fully saturated rings. The van der Waals surface area contributed by atoms with E-state index < -0.39 is 0 Å². The highest BCUT2D eigenvalue weighted by molar-refractivity contribution is 5.93. The normalized spacial score (nSPS) is 11.2. The minimum Gasteiger partial charge on any atom is -0.497 e. The molecular formula is C11H14N8O. The summed E-state index contributed by atoms with van der Waals surface area (Å²) < 4.78 is 6.77. The predicted octanol–water partition coefficient (Wildman–Crippen LogP) is -0.504. The summed E-state index contributed by atoms with van der Waals surface area (Å²) in [5.74, 6) is 0.377. The second-order valence-corrected chi connectivity index (χ2v) is 3.74. The van der Waals surface area contributed by atoms with Gasteiger partial charge in [-0.15, -0.1) is 0 Å². The van der Waals surface area contributed by atoms with E-state index in [1.807, 2.05) is 0 Å². The Morgan fingerprint density at radius 2 is 2.05 bits per heavy atom. The number of hydrogen-bond donors (Lipinski definition) is 3. The lowest BCUT2D eigenvalue weighted by Gasteiger charge is -2.06. The molecule has 0 atom stereocenters. The summed E-state index contributed by atoms with van der Waals surface area (Å²) >= 11 is 0. The number of benzene rings is 1. The van der Waals surface area contributed by atoms with Crippen molar-refractivity contribution < 1.29 is 4.74 Å². The Morgan fingerprint density at radius 3 is 2.65 bits per heavy atom. The van der Waals surface area contributed by atoms with E-state index in [1.54, 1.807) is 36.3 Å². The third-order valence-corrected chi connectivity index (χ3v) is 2.28. The molecule has 6 N–H and O–H groups in total. The molecular weight excluding hydrogens is 260 g/mol. The number of rotatable bonds is 3. The highest BCUT2D eigenvalue weighted by Crippen LogP contribution is 2.25. The van der Waals surface area contributed by atoms with Gasteiger partial charge >= 0.3 is 0 Å². The van der Waals surface area contributed by atoms with E-state index in [0.717, 1.165) is 5.69 Å². The zero-order valence-electron chi connectivity index (χ0n) is 10.8. The first-order chi connectivity index (χ1) is 9.58. The summed E-state index contributed by atoms with van der Waals surface area (Å²) in [6, 6.07) is 5.21. The van der Waals surface area contributed by atoms with Crippen LogP contribution in [0.4, 0.5) is 5.69 Å². The summed E-state index contributed by atoms with van der Waals surface area (Å²) in [6.45, 7) is 0. The molecule has 1 aromatic carbocycles. The van der Waals surface area contributed by atoms with Gasteiger partial charge < -0.3 is 21.9 Å². The number of nitrogens with zero attached hydrogens (tertiary/aromatic N) is 5. The molecule has 1 aromatic heterocycles. The number of guanidine groups is 2. The molecule has 0 unspecified atom stereocenters. The van der Waals surface area contributed by atoms with Gasteiger partial charge in [-0.3, -0.25) is 0 Å². The zero-order chi connectivity index (χ0) is 14.5. The van der Waals surface area contributed by atoms with Crippen molar-refractivity contribution in [3.05, 3.63) is 30.9 Å². The molecule has 0 bridgehead atoms. The van der Waals surface area contributed by atoms with E-state index in [0.29, 0.717) is 11.4 Å². The Morgan fingerprint density at radius 1 is 1.25 bits per heavy atom. The highest BCUT2D eigenvalue weighted by atomic mass is 16.5. The largest absolute Gasteiger partial charge is 0.497 e. The van der Waals surface area contributed by atoms with Gasteiger partial charge in [-0.05, 0) is 6.07 Å². The fourth-order valence-electron chi connectivity index (χ4n) is 1.51. The van der Waals surface area contributed by atoms with Crippen molar-refractivity contribution in [2.24, 2.45) is 27.2 Å². The Kier molecular flexibility index (Phi) is 3.80. The number of nitrogens with two attached hydrogens (primary N) is 3. The van der Waals surface area contributed by atoms with Crippen LogP contribution >= 0.6 is 0 Å². The topological polar surface area (TPSA) is 143 Å². The quantitative estimate of drug-likeness (QED) is 0.508. The summed E-state index contributed by atoms with van der Waals surface area (Å²) in [6.07, 6.45) is 2.98. The van der Waals surface area contributed by atoms with Gasteiger partial charge in [-0.2, -0.15) is 10.1 Å². The third kappa shape index (κ3) is 3.22. The van der Waals surface area contributed by atoms with Gasteiger partial charge in [0.1, 0.15) is 18.4 Å². The molecule has 0 saturated carbocycles. The summed E-state index contributed by atoms with van der Waals surface area (Å²) in [5, 5.41) is 4.03. The van der Waals surface area contributed by atoms with Gasteiger partial charge in [0, 0.05) is 12.1 Å². The van der Waals surface area contributed by atoms with E-state index >= 15 is 0 Å². The molecule has 0 aliphatic rings. The van der Waals surface area contributed by atoms with Crippen LogP contribution in [0.1, 0.15) is 0 Å². The minimum absolute atomic E-state index is 0.0530. The van der Waals surface area contributed by atoms with Gasteiger partial charge in [0.2, 0.25) is 5.96 Å². The maximum absolute atomic E-state index is 5.59. The molecule has 1 heterocycles.